The van der Waals surface area contributed by atoms with Crippen LogP contribution in [0.3, 0.4) is 0 Å². The van der Waals surface area contributed by atoms with E-state index in [9.17, 15) is 10.1 Å². The number of aromatic nitrogens is 2. The van der Waals surface area contributed by atoms with Crippen molar-refractivity contribution in [2.45, 2.75) is 46.1 Å². The lowest BCUT2D eigenvalue weighted by atomic mass is 9.71. The van der Waals surface area contributed by atoms with E-state index in [1.54, 1.807) is 4.68 Å². The van der Waals surface area contributed by atoms with Crippen LogP contribution < -0.4 is 5.73 Å². The van der Waals surface area contributed by atoms with E-state index in [4.69, 9.17) is 10.5 Å². The molecular formula is C17H20N4O2. The molecule has 2 aliphatic rings. The van der Waals surface area contributed by atoms with Gasteiger partial charge in [-0.2, -0.15) is 10.4 Å². The number of aryl methyl sites for hydroxylation is 1. The lowest BCUT2D eigenvalue weighted by molar-refractivity contribution is -0.119. The maximum Gasteiger partial charge on any atom is 0.205 e. The number of rotatable bonds is 2. The fourth-order valence-electron chi connectivity index (χ4n) is 3.29. The van der Waals surface area contributed by atoms with Crippen molar-refractivity contribution >= 4 is 5.78 Å². The van der Waals surface area contributed by atoms with Gasteiger partial charge in [-0.05, 0) is 18.4 Å². The Labute approximate surface area is 135 Å². The molecule has 1 aromatic rings. The Morgan fingerprint density at radius 2 is 2.26 bits per heavy atom. The molecule has 1 unspecified atom stereocenters. The molecule has 0 fully saturated rings. The zero-order valence-electron chi connectivity index (χ0n) is 13.6. The van der Waals surface area contributed by atoms with Gasteiger partial charge in [0.1, 0.15) is 17.4 Å². The molecule has 6 heteroatoms. The van der Waals surface area contributed by atoms with Gasteiger partial charge in [0, 0.05) is 31.2 Å². The van der Waals surface area contributed by atoms with Crippen LogP contribution in [0.1, 0.15) is 45.2 Å². The van der Waals surface area contributed by atoms with Gasteiger partial charge in [0.15, 0.2) is 5.78 Å². The highest BCUT2D eigenvalue weighted by molar-refractivity contribution is 5.99. The molecule has 23 heavy (non-hydrogen) atoms. The van der Waals surface area contributed by atoms with E-state index >= 15 is 0 Å². The van der Waals surface area contributed by atoms with Crippen molar-refractivity contribution in [3.63, 3.8) is 0 Å². The van der Waals surface area contributed by atoms with Crippen molar-refractivity contribution in [2.75, 3.05) is 0 Å². The van der Waals surface area contributed by atoms with Crippen LogP contribution in [-0.2, 0) is 16.1 Å². The molecule has 2 heterocycles. The summed E-state index contributed by atoms with van der Waals surface area (Å²) >= 11 is 0. The van der Waals surface area contributed by atoms with Gasteiger partial charge in [0.25, 0.3) is 0 Å². The SMILES string of the molecule is CCn1ccc(C2C(C#N)=C(N)OC3=C2C(=O)CC(C)(C)C3)n1. The fourth-order valence-corrected chi connectivity index (χ4v) is 3.29. The molecule has 0 radical (unpaired) electrons. The van der Waals surface area contributed by atoms with Gasteiger partial charge >= 0.3 is 0 Å². The van der Waals surface area contributed by atoms with Gasteiger partial charge in [-0.25, -0.2) is 0 Å². The van der Waals surface area contributed by atoms with E-state index in [1.165, 1.54) is 0 Å². The van der Waals surface area contributed by atoms with Crippen molar-refractivity contribution in [1.29, 1.82) is 5.26 Å². The highest BCUT2D eigenvalue weighted by Crippen LogP contribution is 2.47. The molecule has 0 aromatic carbocycles. The highest BCUT2D eigenvalue weighted by atomic mass is 16.5. The first-order chi connectivity index (χ1) is 10.9. The topological polar surface area (TPSA) is 93.9 Å². The summed E-state index contributed by atoms with van der Waals surface area (Å²) in [6.45, 7) is 6.75. The Morgan fingerprint density at radius 1 is 1.52 bits per heavy atom. The molecule has 1 aliphatic heterocycles. The molecule has 0 saturated carbocycles. The highest BCUT2D eigenvalue weighted by Gasteiger charge is 2.43. The summed E-state index contributed by atoms with van der Waals surface area (Å²) in [7, 11) is 0. The first-order valence-electron chi connectivity index (χ1n) is 7.73. The van der Waals surface area contributed by atoms with E-state index in [1.807, 2.05) is 33.0 Å². The number of carbonyl (C=O) groups excluding carboxylic acids is 1. The van der Waals surface area contributed by atoms with Crippen LogP contribution in [0.25, 0.3) is 0 Å². The van der Waals surface area contributed by atoms with E-state index in [-0.39, 0.29) is 22.7 Å². The molecule has 3 rings (SSSR count). The third-order valence-electron chi connectivity index (χ3n) is 4.36. The quantitative estimate of drug-likeness (QED) is 0.904. The van der Waals surface area contributed by atoms with Gasteiger partial charge in [-0.15, -0.1) is 0 Å². The average Bonchev–Trinajstić information content (AvgIpc) is 2.93. The molecule has 0 amide bonds. The molecule has 0 saturated heterocycles. The maximum atomic E-state index is 12.7. The predicted molar refractivity (Wildman–Crippen MR) is 83.6 cm³/mol. The zero-order valence-corrected chi connectivity index (χ0v) is 13.6. The summed E-state index contributed by atoms with van der Waals surface area (Å²) in [5.41, 5.74) is 7.24. The lowest BCUT2D eigenvalue weighted by Gasteiger charge is -2.36. The summed E-state index contributed by atoms with van der Waals surface area (Å²) in [4.78, 5) is 12.7. The van der Waals surface area contributed by atoms with Gasteiger partial charge in [-0.3, -0.25) is 9.48 Å². The first-order valence-corrected chi connectivity index (χ1v) is 7.73. The number of nitrogens with two attached hydrogens (primary N) is 1. The van der Waals surface area contributed by atoms with Crippen molar-refractivity contribution in [3.05, 3.63) is 40.7 Å². The maximum absolute atomic E-state index is 12.7. The summed E-state index contributed by atoms with van der Waals surface area (Å²) in [5.74, 6) is 0.138. The minimum atomic E-state index is -0.528. The molecule has 120 valence electrons. The normalized spacial score (nSPS) is 23.4. The van der Waals surface area contributed by atoms with Gasteiger partial charge in [0.2, 0.25) is 5.88 Å². The fraction of sp³-hybridized carbons (Fsp3) is 0.471. The minimum absolute atomic E-state index is 0.00699. The van der Waals surface area contributed by atoms with E-state index in [2.05, 4.69) is 11.2 Å². The van der Waals surface area contributed by atoms with Crippen LogP contribution in [0.2, 0.25) is 0 Å². The van der Waals surface area contributed by atoms with Crippen LogP contribution in [0, 0.1) is 16.7 Å². The van der Waals surface area contributed by atoms with Crippen molar-refractivity contribution < 1.29 is 9.53 Å². The Balaban J connectivity index is 2.15. The molecule has 6 nitrogen and oxygen atoms in total. The number of hydrogen-bond donors (Lipinski definition) is 1. The second-order valence-corrected chi connectivity index (χ2v) is 6.80. The molecule has 1 atom stereocenters. The number of ketones is 1. The van der Waals surface area contributed by atoms with Crippen LogP contribution in [-0.4, -0.2) is 15.6 Å². The number of hydrogen-bond acceptors (Lipinski definition) is 5. The standard InChI is InChI=1S/C17H20N4O2/c1-4-21-6-5-11(20-21)14-10(9-18)16(19)23-13-8-17(2,3)7-12(22)15(13)14/h5-6,14H,4,7-8,19H2,1-3H3. The van der Waals surface area contributed by atoms with E-state index in [0.29, 0.717) is 29.9 Å². The lowest BCUT2D eigenvalue weighted by Crippen LogP contribution is -2.33. The summed E-state index contributed by atoms with van der Waals surface area (Å²) in [6.07, 6.45) is 2.89. The number of carbonyl (C=O) groups is 1. The Bertz CT molecular complexity index is 777. The number of nitrogens with zero attached hydrogens (tertiary/aromatic N) is 3. The molecule has 0 spiro atoms. The Hall–Kier alpha value is -2.55. The Kier molecular flexibility index (Phi) is 3.52. The van der Waals surface area contributed by atoms with Crippen LogP contribution in [0.15, 0.2) is 35.1 Å². The average molecular weight is 312 g/mol. The molecular weight excluding hydrogens is 292 g/mol. The van der Waals surface area contributed by atoms with Gasteiger partial charge in [0.05, 0.1) is 11.6 Å². The summed E-state index contributed by atoms with van der Waals surface area (Å²) < 4.78 is 7.42. The number of nitriles is 1. The third kappa shape index (κ3) is 2.52. The number of allylic oxidation sites excluding steroid dienone is 3. The minimum Gasteiger partial charge on any atom is -0.444 e. The van der Waals surface area contributed by atoms with Crippen molar-refractivity contribution in [2.24, 2.45) is 11.1 Å². The molecule has 1 aliphatic carbocycles. The third-order valence-corrected chi connectivity index (χ3v) is 4.36. The second kappa shape index (κ2) is 5.27. The number of ether oxygens (including phenoxy) is 1. The monoisotopic (exact) mass is 312 g/mol. The Morgan fingerprint density at radius 3 is 2.87 bits per heavy atom. The molecule has 1 aromatic heterocycles. The van der Waals surface area contributed by atoms with Crippen molar-refractivity contribution in [3.8, 4) is 6.07 Å². The predicted octanol–water partition coefficient (Wildman–Crippen LogP) is 2.35. The largest absolute Gasteiger partial charge is 0.444 e. The molecule has 2 N–H and O–H groups in total. The van der Waals surface area contributed by atoms with Gasteiger partial charge < -0.3 is 10.5 Å². The smallest absolute Gasteiger partial charge is 0.205 e. The van der Waals surface area contributed by atoms with E-state index < -0.39 is 5.92 Å². The van der Waals surface area contributed by atoms with E-state index in [0.717, 1.165) is 6.54 Å². The van der Waals surface area contributed by atoms with Crippen LogP contribution in [0.4, 0.5) is 0 Å². The first kappa shape index (κ1) is 15.3. The van der Waals surface area contributed by atoms with Crippen LogP contribution in [0.5, 0.6) is 0 Å². The summed E-state index contributed by atoms with van der Waals surface area (Å²) in [5, 5.41) is 14.0. The second-order valence-electron chi connectivity index (χ2n) is 6.80. The number of Topliss-reactive ketones (excluding diaryl/α,β-unsaturated/α-hetero) is 1. The van der Waals surface area contributed by atoms with Crippen LogP contribution >= 0.6 is 0 Å². The zero-order chi connectivity index (χ0) is 16.8. The van der Waals surface area contributed by atoms with Gasteiger partial charge in [-0.1, -0.05) is 13.8 Å². The summed E-state index contributed by atoms with van der Waals surface area (Å²) in [6, 6.07) is 3.93. The van der Waals surface area contributed by atoms with Crippen molar-refractivity contribution in [1.82, 2.24) is 9.78 Å². The molecule has 0 bridgehead atoms.